The summed E-state index contributed by atoms with van der Waals surface area (Å²) in [6.45, 7) is 1.31. The van der Waals surface area contributed by atoms with Crippen LogP contribution in [-0.2, 0) is 0 Å². The van der Waals surface area contributed by atoms with Crippen LogP contribution in [0, 0.1) is 0 Å². The summed E-state index contributed by atoms with van der Waals surface area (Å²) in [5, 5.41) is 11.9. The molecule has 0 aromatic rings. The summed E-state index contributed by atoms with van der Waals surface area (Å²) in [5.74, 6) is 0. The molecule has 2 nitrogen and oxygen atoms in total. The van der Waals surface area contributed by atoms with Gasteiger partial charge in [-0.15, -0.1) is 0 Å². The fraction of sp³-hybridized carbons (Fsp3) is 1.00. The summed E-state index contributed by atoms with van der Waals surface area (Å²) in [5.41, 5.74) is 0. The van der Waals surface area contributed by atoms with Crippen LogP contribution >= 0.6 is 0 Å². The highest BCUT2D eigenvalue weighted by molar-refractivity contribution is 4.72. The quantitative estimate of drug-likeness (QED) is 0.573. The highest BCUT2D eigenvalue weighted by Crippen LogP contribution is 2.17. The number of hydrogen-bond donors (Lipinski definition) is 2. The predicted octanol–water partition coefficient (Wildman–Crippen LogP) is 0.901. The molecular formula is C8H17NO. The van der Waals surface area contributed by atoms with E-state index in [1.54, 1.807) is 0 Å². The zero-order chi connectivity index (χ0) is 7.23. The van der Waals surface area contributed by atoms with Gasteiger partial charge in [-0.2, -0.15) is 0 Å². The average molecular weight is 143 g/mol. The van der Waals surface area contributed by atoms with Crippen LogP contribution in [0.5, 0.6) is 0 Å². The largest absolute Gasteiger partial charge is 0.396 e. The number of aliphatic hydroxyl groups excluding tert-OH is 1. The van der Waals surface area contributed by atoms with E-state index in [9.17, 15) is 0 Å². The lowest BCUT2D eigenvalue weighted by Gasteiger charge is -2.09. The number of nitrogens with one attached hydrogen (secondary N) is 1. The van der Waals surface area contributed by atoms with E-state index in [1.807, 2.05) is 0 Å². The van der Waals surface area contributed by atoms with Crippen molar-refractivity contribution in [2.75, 3.05) is 13.2 Å². The molecule has 1 aliphatic rings. The molecule has 0 aromatic carbocycles. The van der Waals surface area contributed by atoms with Gasteiger partial charge in [0.05, 0.1) is 0 Å². The Morgan fingerprint density at radius 2 is 2.00 bits per heavy atom. The third kappa shape index (κ3) is 2.67. The van der Waals surface area contributed by atoms with Gasteiger partial charge in [0.25, 0.3) is 0 Å². The Labute approximate surface area is 62.6 Å². The molecule has 2 heteroatoms. The van der Waals surface area contributed by atoms with Gasteiger partial charge in [-0.3, -0.25) is 0 Å². The minimum absolute atomic E-state index is 0.319. The fourth-order valence-corrected chi connectivity index (χ4v) is 1.52. The van der Waals surface area contributed by atoms with Gasteiger partial charge in [-0.1, -0.05) is 12.8 Å². The lowest BCUT2D eigenvalue weighted by atomic mass is 10.2. The smallest absolute Gasteiger partial charge is 0.0443 e. The second kappa shape index (κ2) is 4.69. The van der Waals surface area contributed by atoms with Crippen molar-refractivity contribution in [2.24, 2.45) is 0 Å². The lowest BCUT2D eigenvalue weighted by molar-refractivity contribution is 0.283. The molecule has 1 fully saturated rings. The van der Waals surface area contributed by atoms with Crippen LogP contribution in [0.1, 0.15) is 32.1 Å². The first kappa shape index (κ1) is 8.02. The van der Waals surface area contributed by atoms with Gasteiger partial charge >= 0.3 is 0 Å². The second-order valence-corrected chi connectivity index (χ2v) is 3.01. The maximum absolute atomic E-state index is 8.50. The molecule has 0 aliphatic heterocycles. The van der Waals surface area contributed by atoms with Gasteiger partial charge in [0.1, 0.15) is 0 Å². The maximum Gasteiger partial charge on any atom is 0.0443 e. The Balaban J connectivity index is 1.91. The molecule has 1 aliphatic carbocycles. The van der Waals surface area contributed by atoms with Crippen LogP contribution in [-0.4, -0.2) is 24.3 Å². The Bertz CT molecular complexity index is 79.3. The van der Waals surface area contributed by atoms with E-state index in [2.05, 4.69) is 5.32 Å². The van der Waals surface area contributed by atoms with Crippen LogP contribution in [0.15, 0.2) is 0 Å². The van der Waals surface area contributed by atoms with E-state index in [1.165, 1.54) is 25.7 Å². The standard InChI is InChI=1S/C8H17NO/c10-7-3-6-9-8-4-1-2-5-8/h8-10H,1-7H2. The monoisotopic (exact) mass is 143 g/mol. The molecule has 0 aromatic heterocycles. The van der Waals surface area contributed by atoms with Gasteiger partial charge in [-0.05, 0) is 25.8 Å². The highest BCUT2D eigenvalue weighted by Gasteiger charge is 2.12. The SMILES string of the molecule is OCCCNC1CCCC1. The van der Waals surface area contributed by atoms with E-state index < -0.39 is 0 Å². The summed E-state index contributed by atoms with van der Waals surface area (Å²) in [6, 6.07) is 0.756. The molecule has 0 saturated heterocycles. The molecule has 0 bridgehead atoms. The van der Waals surface area contributed by atoms with Gasteiger partial charge in [0.2, 0.25) is 0 Å². The van der Waals surface area contributed by atoms with Crippen molar-refractivity contribution in [3.63, 3.8) is 0 Å². The van der Waals surface area contributed by atoms with Crippen LogP contribution in [0.3, 0.4) is 0 Å². The van der Waals surface area contributed by atoms with Crippen LogP contribution < -0.4 is 5.32 Å². The zero-order valence-corrected chi connectivity index (χ0v) is 6.47. The molecule has 2 N–H and O–H groups in total. The van der Waals surface area contributed by atoms with Crippen molar-refractivity contribution in [1.29, 1.82) is 0 Å². The minimum atomic E-state index is 0.319. The predicted molar refractivity (Wildman–Crippen MR) is 42.0 cm³/mol. The van der Waals surface area contributed by atoms with Crippen LogP contribution in [0.4, 0.5) is 0 Å². The molecule has 0 spiro atoms. The summed E-state index contributed by atoms with van der Waals surface area (Å²) in [7, 11) is 0. The molecule has 0 radical (unpaired) electrons. The highest BCUT2D eigenvalue weighted by atomic mass is 16.3. The van der Waals surface area contributed by atoms with Crippen LogP contribution in [0.25, 0.3) is 0 Å². The number of aliphatic hydroxyl groups is 1. The first-order valence-corrected chi connectivity index (χ1v) is 4.27. The van der Waals surface area contributed by atoms with Crippen molar-refractivity contribution in [2.45, 2.75) is 38.1 Å². The van der Waals surface area contributed by atoms with Gasteiger partial charge < -0.3 is 10.4 Å². The third-order valence-electron chi connectivity index (χ3n) is 2.12. The Hall–Kier alpha value is -0.0800. The van der Waals surface area contributed by atoms with E-state index in [4.69, 9.17) is 5.11 Å². The molecule has 1 saturated carbocycles. The zero-order valence-electron chi connectivity index (χ0n) is 6.47. The Morgan fingerprint density at radius 1 is 1.30 bits per heavy atom. The van der Waals surface area contributed by atoms with Gasteiger partial charge in [-0.25, -0.2) is 0 Å². The van der Waals surface area contributed by atoms with Crippen molar-refractivity contribution in [1.82, 2.24) is 5.32 Å². The fourth-order valence-electron chi connectivity index (χ4n) is 1.52. The van der Waals surface area contributed by atoms with E-state index in [-0.39, 0.29) is 0 Å². The summed E-state index contributed by atoms with van der Waals surface area (Å²) >= 11 is 0. The minimum Gasteiger partial charge on any atom is -0.396 e. The summed E-state index contributed by atoms with van der Waals surface area (Å²) in [6.07, 6.45) is 6.35. The maximum atomic E-state index is 8.50. The normalized spacial score (nSPS) is 20.1. The number of hydrogen-bond acceptors (Lipinski definition) is 2. The van der Waals surface area contributed by atoms with Crippen molar-refractivity contribution in [3.8, 4) is 0 Å². The van der Waals surface area contributed by atoms with Crippen molar-refractivity contribution < 1.29 is 5.11 Å². The Morgan fingerprint density at radius 3 is 2.60 bits per heavy atom. The first-order valence-electron chi connectivity index (χ1n) is 4.27. The molecule has 0 heterocycles. The molecule has 60 valence electrons. The molecule has 0 amide bonds. The summed E-state index contributed by atoms with van der Waals surface area (Å²) in [4.78, 5) is 0. The topological polar surface area (TPSA) is 32.3 Å². The average Bonchev–Trinajstić information content (AvgIpc) is 2.41. The molecular weight excluding hydrogens is 126 g/mol. The van der Waals surface area contributed by atoms with Crippen molar-refractivity contribution in [3.05, 3.63) is 0 Å². The van der Waals surface area contributed by atoms with E-state index in [0.29, 0.717) is 6.61 Å². The molecule has 10 heavy (non-hydrogen) atoms. The summed E-state index contributed by atoms with van der Waals surface area (Å²) < 4.78 is 0. The first-order chi connectivity index (χ1) is 4.93. The van der Waals surface area contributed by atoms with E-state index >= 15 is 0 Å². The van der Waals surface area contributed by atoms with Crippen LogP contribution in [0.2, 0.25) is 0 Å². The number of rotatable bonds is 4. The van der Waals surface area contributed by atoms with E-state index in [0.717, 1.165) is 19.0 Å². The second-order valence-electron chi connectivity index (χ2n) is 3.01. The molecule has 0 atom stereocenters. The third-order valence-corrected chi connectivity index (χ3v) is 2.12. The van der Waals surface area contributed by atoms with Gasteiger partial charge in [0.15, 0.2) is 0 Å². The Kier molecular flexibility index (Phi) is 3.76. The lowest BCUT2D eigenvalue weighted by Crippen LogP contribution is -2.27. The molecule has 1 rings (SSSR count). The van der Waals surface area contributed by atoms with Gasteiger partial charge in [0, 0.05) is 12.6 Å². The van der Waals surface area contributed by atoms with Crippen molar-refractivity contribution >= 4 is 0 Å². The molecule has 0 unspecified atom stereocenters.